The van der Waals surface area contributed by atoms with Gasteiger partial charge >= 0.3 is 0 Å². The summed E-state index contributed by atoms with van der Waals surface area (Å²) in [5.74, 6) is 0.578. The fourth-order valence-electron chi connectivity index (χ4n) is 3.06. The molecule has 0 aliphatic heterocycles. The highest BCUT2D eigenvalue weighted by molar-refractivity contribution is 7.12. The first kappa shape index (κ1) is 20.5. The standard InChI is InChI=1S/C20H26N4S.ClH/c1-3-23(4-2)11-6-12-24-13-10-16-8-9-17(15-18(16)24)22-20(21)19-7-5-14-25-19;/h5,7-10,13-15H,3-4,6,11-12H2,1-2H3,(H2,21,22);1H. The van der Waals surface area contributed by atoms with Crippen LogP contribution in [0.2, 0.25) is 0 Å². The predicted octanol–water partition coefficient (Wildman–Crippen LogP) is 4.89. The van der Waals surface area contributed by atoms with Crippen molar-refractivity contribution in [2.75, 3.05) is 19.6 Å². The molecule has 4 nitrogen and oxygen atoms in total. The van der Waals surface area contributed by atoms with Crippen LogP contribution in [0.15, 0.2) is 53.0 Å². The molecule has 0 saturated carbocycles. The number of hydrogen-bond acceptors (Lipinski definition) is 3. The summed E-state index contributed by atoms with van der Waals surface area (Å²) in [6, 6.07) is 12.4. The molecule has 2 N–H and O–H groups in total. The number of amidine groups is 1. The molecule has 0 fully saturated rings. The van der Waals surface area contributed by atoms with Crippen molar-refractivity contribution in [1.29, 1.82) is 0 Å². The number of aryl methyl sites for hydroxylation is 1. The van der Waals surface area contributed by atoms with Crippen molar-refractivity contribution in [3.8, 4) is 0 Å². The summed E-state index contributed by atoms with van der Waals surface area (Å²) in [6.45, 7) is 8.82. The first-order chi connectivity index (χ1) is 12.2. The van der Waals surface area contributed by atoms with Gasteiger partial charge in [0.15, 0.2) is 0 Å². The quantitative estimate of drug-likeness (QED) is 0.439. The van der Waals surface area contributed by atoms with Crippen LogP contribution in [0.3, 0.4) is 0 Å². The SMILES string of the molecule is CCN(CC)CCCn1ccc2ccc(N=C(N)c3cccs3)cc21.Cl. The second-order valence-corrected chi connectivity index (χ2v) is 7.05. The number of nitrogens with zero attached hydrogens (tertiary/aromatic N) is 3. The van der Waals surface area contributed by atoms with Gasteiger partial charge in [0.1, 0.15) is 5.84 Å². The molecule has 2 aromatic heterocycles. The zero-order chi connectivity index (χ0) is 17.6. The van der Waals surface area contributed by atoms with E-state index in [4.69, 9.17) is 5.73 Å². The van der Waals surface area contributed by atoms with E-state index in [2.05, 4.69) is 52.7 Å². The van der Waals surface area contributed by atoms with Crippen molar-refractivity contribution in [2.45, 2.75) is 26.8 Å². The first-order valence-corrected chi connectivity index (χ1v) is 9.78. The third-order valence-electron chi connectivity index (χ3n) is 4.55. The zero-order valence-electron chi connectivity index (χ0n) is 15.4. The number of aromatic nitrogens is 1. The fraction of sp³-hybridized carbons (Fsp3) is 0.350. The molecule has 140 valence electrons. The van der Waals surface area contributed by atoms with Gasteiger partial charge in [0.25, 0.3) is 0 Å². The Balaban J connectivity index is 0.00000243. The second kappa shape index (κ2) is 9.76. The van der Waals surface area contributed by atoms with Crippen molar-refractivity contribution in [3.05, 3.63) is 52.9 Å². The van der Waals surface area contributed by atoms with Crippen LogP contribution in [0.4, 0.5) is 5.69 Å². The Morgan fingerprint density at radius 3 is 2.69 bits per heavy atom. The molecule has 0 bridgehead atoms. The molecule has 3 aromatic rings. The molecule has 0 amide bonds. The number of thiophene rings is 1. The van der Waals surface area contributed by atoms with E-state index in [0.717, 1.165) is 43.2 Å². The molecule has 2 heterocycles. The summed E-state index contributed by atoms with van der Waals surface area (Å²) in [4.78, 5) is 8.06. The van der Waals surface area contributed by atoms with E-state index in [1.807, 2.05) is 23.6 Å². The van der Waals surface area contributed by atoms with Crippen molar-refractivity contribution >= 4 is 46.2 Å². The molecule has 3 rings (SSSR count). The Kier molecular flexibility index (Phi) is 7.69. The van der Waals surface area contributed by atoms with Gasteiger partial charge in [0.2, 0.25) is 0 Å². The summed E-state index contributed by atoms with van der Waals surface area (Å²) in [5, 5.41) is 3.26. The van der Waals surface area contributed by atoms with Crippen LogP contribution in [0.25, 0.3) is 10.9 Å². The third kappa shape index (κ3) is 4.87. The minimum absolute atomic E-state index is 0. The highest BCUT2D eigenvalue weighted by Crippen LogP contribution is 2.23. The molecule has 1 aromatic carbocycles. The van der Waals surface area contributed by atoms with E-state index < -0.39 is 0 Å². The van der Waals surface area contributed by atoms with Gasteiger partial charge in [-0.05, 0) is 61.1 Å². The lowest BCUT2D eigenvalue weighted by molar-refractivity contribution is 0.294. The summed E-state index contributed by atoms with van der Waals surface area (Å²) in [5.41, 5.74) is 8.25. The molecule has 0 aliphatic carbocycles. The molecule has 0 aliphatic rings. The maximum atomic E-state index is 6.12. The van der Waals surface area contributed by atoms with Gasteiger partial charge in [-0.1, -0.05) is 26.0 Å². The molecule has 26 heavy (non-hydrogen) atoms. The van der Waals surface area contributed by atoms with E-state index in [9.17, 15) is 0 Å². The molecule has 6 heteroatoms. The van der Waals surface area contributed by atoms with Crippen LogP contribution < -0.4 is 5.73 Å². The first-order valence-electron chi connectivity index (χ1n) is 8.90. The summed E-state index contributed by atoms with van der Waals surface area (Å²) >= 11 is 1.61. The molecular weight excluding hydrogens is 364 g/mol. The topological polar surface area (TPSA) is 46.5 Å². The van der Waals surface area contributed by atoms with E-state index in [-0.39, 0.29) is 12.4 Å². The summed E-state index contributed by atoms with van der Waals surface area (Å²) in [6.07, 6.45) is 3.32. The van der Waals surface area contributed by atoms with Gasteiger partial charge in [-0.15, -0.1) is 23.7 Å². The van der Waals surface area contributed by atoms with Gasteiger partial charge in [-0.3, -0.25) is 0 Å². The lowest BCUT2D eigenvalue weighted by atomic mass is 10.2. The highest BCUT2D eigenvalue weighted by Gasteiger charge is 2.05. The van der Waals surface area contributed by atoms with Gasteiger partial charge < -0.3 is 15.2 Å². The van der Waals surface area contributed by atoms with Gasteiger partial charge in [-0.25, -0.2) is 4.99 Å². The molecule has 0 saturated heterocycles. The Hall–Kier alpha value is -1.82. The number of benzene rings is 1. The maximum absolute atomic E-state index is 6.12. The van der Waals surface area contributed by atoms with E-state index in [1.165, 1.54) is 10.9 Å². The van der Waals surface area contributed by atoms with E-state index >= 15 is 0 Å². The number of halogens is 1. The highest BCUT2D eigenvalue weighted by atomic mass is 35.5. The van der Waals surface area contributed by atoms with Crippen molar-refractivity contribution in [3.63, 3.8) is 0 Å². The van der Waals surface area contributed by atoms with Gasteiger partial charge in [0.05, 0.1) is 16.1 Å². The average Bonchev–Trinajstić information content (AvgIpc) is 3.29. The predicted molar refractivity (Wildman–Crippen MR) is 116 cm³/mol. The number of hydrogen-bond donors (Lipinski definition) is 1. The van der Waals surface area contributed by atoms with Crippen molar-refractivity contribution in [2.24, 2.45) is 10.7 Å². The summed E-state index contributed by atoms with van der Waals surface area (Å²) < 4.78 is 2.32. The zero-order valence-corrected chi connectivity index (χ0v) is 17.0. The molecule has 0 radical (unpaired) electrons. The van der Waals surface area contributed by atoms with E-state index in [0.29, 0.717) is 5.84 Å². The monoisotopic (exact) mass is 390 g/mol. The Bertz CT molecular complexity index is 835. The van der Waals surface area contributed by atoms with Crippen molar-refractivity contribution in [1.82, 2.24) is 9.47 Å². The summed E-state index contributed by atoms with van der Waals surface area (Å²) in [7, 11) is 0. The number of rotatable bonds is 8. The Morgan fingerprint density at radius 1 is 1.19 bits per heavy atom. The largest absolute Gasteiger partial charge is 0.383 e. The van der Waals surface area contributed by atoms with Crippen LogP contribution in [-0.2, 0) is 6.54 Å². The molecule has 0 atom stereocenters. The van der Waals surface area contributed by atoms with Gasteiger partial charge in [-0.2, -0.15) is 0 Å². The number of nitrogens with two attached hydrogens (primary N) is 1. The maximum Gasteiger partial charge on any atom is 0.141 e. The Morgan fingerprint density at radius 2 is 2.00 bits per heavy atom. The van der Waals surface area contributed by atoms with Crippen LogP contribution >= 0.6 is 23.7 Å². The lowest BCUT2D eigenvalue weighted by Gasteiger charge is -2.18. The van der Waals surface area contributed by atoms with Crippen molar-refractivity contribution < 1.29 is 0 Å². The van der Waals surface area contributed by atoms with Gasteiger partial charge in [0, 0.05) is 12.7 Å². The van der Waals surface area contributed by atoms with Crippen LogP contribution in [0.5, 0.6) is 0 Å². The molecular formula is C20H27ClN4S. The lowest BCUT2D eigenvalue weighted by Crippen LogP contribution is -2.24. The molecule has 0 unspecified atom stereocenters. The normalized spacial score (nSPS) is 11.9. The van der Waals surface area contributed by atoms with Crippen LogP contribution in [-0.4, -0.2) is 34.9 Å². The fourth-order valence-corrected chi connectivity index (χ4v) is 3.69. The number of aliphatic imine (C=N–C) groups is 1. The van der Waals surface area contributed by atoms with Crippen LogP contribution in [0, 0.1) is 0 Å². The smallest absolute Gasteiger partial charge is 0.141 e. The number of fused-ring (bicyclic) bond motifs is 1. The van der Waals surface area contributed by atoms with E-state index in [1.54, 1.807) is 11.3 Å². The Labute approximate surface area is 165 Å². The van der Waals surface area contributed by atoms with Crippen LogP contribution in [0.1, 0.15) is 25.1 Å². The molecule has 0 spiro atoms. The average molecular weight is 391 g/mol. The second-order valence-electron chi connectivity index (χ2n) is 6.11. The minimum Gasteiger partial charge on any atom is -0.383 e. The minimum atomic E-state index is 0. The third-order valence-corrected chi connectivity index (χ3v) is 5.44.